The predicted octanol–water partition coefficient (Wildman–Crippen LogP) is 23.2. The lowest BCUT2D eigenvalue weighted by Gasteiger charge is -2.15. The lowest BCUT2D eigenvalue weighted by atomic mass is 10.0. The maximum Gasteiger partial charge on any atom is 0.306 e. The second kappa shape index (κ2) is 67.8. The molecule has 1 unspecified atom stereocenters. The third-order valence-corrected chi connectivity index (χ3v) is 14.6. The summed E-state index contributed by atoms with van der Waals surface area (Å²) in [6.45, 7) is 4.04. The number of ether oxygens (including phenoxy) is 2. The molecule has 0 aliphatic rings. The summed E-state index contributed by atoms with van der Waals surface area (Å²) in [6, 6.07) is 0. The molecule has 0 saturated heterocycles. The molecule has 0 spiro atoms. The molecule has 0 amide bonds. The van der Waals surface area contributed by atoms with Crippen LogP contribution in [0.3, 0.4) is 0 Å². The van der Waals surface area contributed by atoms with Gasteiger partial charge >= 0.3 is 11.9 Å². The number of aliphatic hydroxyl groups is 1. The molecule has 0 heterocycles. The second-order valence-corrected chi connectivity index (χ2v) is 22.2. The summed E-state index contributed by atoms with van der Waals surface area (Å²) >= 11 is 0. The minimum Gasteiger partial charge on any atom is -0.462 e. The topological polar surface area (TPSA) is 72.8 Å². The first-order valence-corrected chi connectivity index (χ1v) is 33.4. The molecule has 78 heavy (non-hydrogen) atoms. The van der Waals surface area contributed by atoms with Crippen LogP contribution in [0.15, 0.2) is 109 Å². The first kappa shape index (κ1) is 74.6. The molecule has 0 fully saturated rings. The molecule has 0 aliphatic carbocycles. The van der Waals surface area contributed by atoms with E-state index in [-0.39, 0.29) is 25.2 Å². The van der Waals surface area contributed by atoms with Gasteiger partial charge in [0, 0.05) is 12.8 Å². The molecule has 0 aromatic carbocycles. The molecule has 0 aromatic heterocycles. The van der Waals surface area contributed by atoms with Gasteiger partial charge in [-0.1, -0.05) is 335 Å². The van der Waals surface area contributed by atoms with Crippen LogP contribution >= 0.6 is 0 Å². The van der Waals surface area contributed by atoms with E-state index in [2.05, 4.69) is 123 Å². The normalized spacial score (nSPS) is 12.9. The van der Waals surface area contributed by atoms with Crippen LogP contribution in [0, 0.1) is 0 Å². The summed E-state index contributed by atoms with van der Waals surface area (Å²) in [5.41, 5.74) is 0. The van der Waals surface area contributed by atoms with Crippen LogP contribution in [-0.4, -0.2) is 36.4 Å². The van der Waals surface area contributed by atoms with Crippen molar-refractivity contribution in [2.24, 2.45) is 0 Å². The average Bonchev–Trinajstić information content (AvgIpc) is 3.44. The van der Waals surface area contributed by atoms with E-state index < -0.39 is 6.10 Å². The van der Waals surface area contributed by atoms with E-state index >= 15 is 0 Å². The van der Waals surface area contributed by atoms with E-state index in [9.17, 15) is 14.7 Å². The number of hydrogen-bond donors (Lipinski definition) is 1. The van der Waals surface area contributed by atoms with Gasteiger partial charge < -0.3 is 14.6 Å². The minimum absolute atomic E-state index is 0.0766. The zero-order valence-corrected chi connectivity index (χ0v) is 51.4. The number of rotatable bonds is 61. The van der Waals surface area contributed by atoms with E-state index in [1.807, 2.05) is 0 Å². The van der Waals surface area contributed by atoms with E-state index in [0.29, 0.717) is 12.8 Å². The van der Waals surface area contributed by atoms with E-state index in [1.165, 1.54) is 180 Å². The Hall–Kier alpha value is -3.44. The van der Waals surface area contributed by atoms with Crippen molar-refractivity contribution in [3.8, 4) is 0 Å². The molecule has 0 bridgehead atoms. The number of carbonyl (C=O) groups excluding carboxylic acids is 2. The Labute approximate surface area is 484 Å². The Balaban J connectivity index is 3.53. The number of aliphatic hydroxyl groups excluding tert-OH is 1. The molecule has 0 aliphatic heterocycles. The summed E-state index contributed by atoms with van der Waals surface area (Å²) in [5.74, 6) is -0.606. The van der Waals surface area contributed by atoms with Crippen molar-refractivity contribution in [2.45, 2.75) is 328 Å². The third-order valence-electron chi connectivity index (χ3n) is 14.6. The average molecular weight is 1080 g/mol. The zero-order chi connectivity index (χ0) is 56.2. The van der Waals surface area contributed by atoms with Crippen LogP contribution in [0.2, 0.25) is 0 Å². The van der Waals surface area contributed by atoms with Crippen molar-refractivity contribution < 1.29 is 24.2 Å². The SMILES string of the molecule is CC/C=C\C/C=C\C/C=C\C/C=C\C/C=C\C/C=C\C/C=C\C/C=C\C/C=C\CCCCCCCC(=O)OC(CO)COC(=O)CCCCCCCCCCCCCCCCCCCCCCCCCCCCCCCCC. The van der Waals surface area contributed by atoms with Gasteiger partial charge in [0.05, 0.1) is 6.61 Å². The van der Waals surface area contributed by atoms with Gasteiger partial charge in [0.1, 0.15) is 6.61 Å². The Kier molecular flexibility index (Phi) is 64.8. The molecule has 1 atom stereocenters. The van der Waals surface area contributed by atoms with Gasteiger partial charge in [0.2, 0.25) is 0 Å². The minimum atomic E-state index is -0.790. The quantitative estimate of drug-likeness (QED) is 0.0373. The monoisotopic (exact) mass is 1080 g/mol. The second-order valence-electron chi connectivity index (χ2n) is 22.2. The van der Waals surface area contributed by atoms with Gasteiger partial charge in [-0.25, -0.2) is 0 Å². The van der Waals surface area contributed by atoms with Crippen molar-refractivity contribution in [2.75, 3.05) is 13.2 Å². The number of allylic oxidation sites excluding steroid dienone is 18. The molecular weight excluding hydrogens is 957 g/mol. The van der Waals surface area contributed by atoms with Gasteiger partial charge in [-0.3, -0.25) is 9.59 Å². The van der Waals surface area contributed by atoms with E-state index in [0.717, 1.165) is 116 Å². The largest absolute Gasteiger partial charge is 0.462 e. The molecule has 1 N–H and O–H groups in total. The maximum absolute atomic E-state index is 12.3. The van der Waals surface area contributed by atoms with Crippen molar-refractivity contribution in [3.05, 3.63) is 109 Å². The van der Waals surface area contributed by atoms with Gasteiger partial charge in [-0.15, -0.1) is 0 Å². The standard InChI is InChI=1S/C73H126O5/c1-3-5-7-9-11-13-15-17-19-21-23-25-27-29-31-33-35-36-38-40-42-44-46-48-50-52-54-56-58-60-62-64-66-68-73(76)78-71(69-74)70-77-72(75)67-65-63-61-59-57-55-53-51-49-47-45-43-41-39-37-34-32-30-28-26-24-22-20-18-16-14-12-10-8-6-4-2/h5,7,11,13,17,19,23,25,29,31,35-36,40,42,46,48,52,54,71,74H,3-4,6,8-10,12,14-16,18,20-22,24,26-28,30,32-34,37-39,41,43-45,47,49-51,53,55-70H2,1-2H3/b7-5-,13-11-,19-17-,25-23-,31-29-,36-35-,42-40-,48-46-,54-52-. The lowest BCUT2D eigenvalue weighted by Crippen LogP contribution is -2.28. The Bertz CT molecular complexity index is 1510. The fraction of sp³-hybridized carbons (Fsp3) is 0.726. The molecule has 5 nitrogen and oxygen atoms in total. The number of hydrogen-bond acceptors (Lipinski definition) is 5. The Morgan fingerprint density at radius 2 is 0.551 bits per heavy atom. The van der Waals surface area contributed by atoms with Gasteiger partial charge in [-0.05, 0) is 83.5 Å². The highest BCUT2D eigenvalue weighted by molar-refractivity contribution is 5.70. The van der Waals surface area contributed by atoms with Crippen LogP contribution in [0.25, 0.3) is 0 Å². The van der Waals surface area contributed by atoms with E-state index in [1.54, 1.807) is 0 Å². The van der Waals surface area contributed by atoms with Crippen LogP contribution in [-0.2, 0) is 19.1 Å². The number of carbonyl (C=O) groups is 2. The first-order valence-electron chi connectivity index (χ1n) is 33.4. The molecular formula is C73H126O5. The van der Waals surface area contributed by atoms with Crippen molar-refractivity contribution in [3.63, 3.8) is 0 Å². The fourth-order valence-electron chi connectivity index (χ4n) is 9.61. The Morgan fingerprint density at radius 3 is 0.833 bits per heavy atom. The fourth-order valence-corrected chi connectivity index (χ4v) is 9.61. The summed E-state index contributed by atoms with van der Waals surface area (Å²) in [5, 5.41) is 9.69. The van der Waals surface area contributed by atoms with Gasteiger partial charge in [-0.2, -0.15) is 0 Å². The first-order chi connectivity index (χ1) is 38.6. The lowest BCUT2D eigenvalue weighted by molar-refractivity contribution is -0.161. The number of esters is 2. The summed E-state index contributed by atoms with van der Waals surface area (Å²) in [4.78, 5) is 24.6. The summed E-state index contributed by atoms with van der Waals surface area (Å²) in [7, 11) is 0. The van der Waals surface area contributed by atoms with Crippen molar-refractivity contribution in [1.82, 2.24) is 0 Å². The predicted molar refractivity (Wildman–Crippen MR) is 343 cm³/mol. The van der Waals surface area contributed by atoms with E-state index in [4.69, 9.17) is 9.47 Å². The summed E-state index contributed by atoms with van der Waals surface area (Å²) in [6.07, 6.45) is 98.2. The Morgan fingerprint density at radius 1 is 0.308 bits per heavy atom. The molecule has 5 heteroatoms. The van der Waals surface area contributed by atoms with Crippen LogP contribution in [0.5, 0.6) is 0 Å². The van der Waals surface area contributed by atoms with Crippen LogP contribution < -0.4 is 0 Å². The van der Waals surface area contributed by atoms with Crippen LogP contribution in [0.4, 0.5) is 0 Å². The van der Waals surface area contributed by atoms with Gasteiger partial charge in [0.25, 0.3) is 0 Å². The smallest absolute Gasteiger partial charge is 0.306 e. The van der Waals surface area contributed by atoms with Crippen molar-refractivity contribution in [1.29, 1.82) is 0 Å². The third kappa shape index (κ3) is 65.1. The molecule has 0 aromatic rings. The summed E-state index contributed by atoms with van der Waals surface area (Å²) < 4.78 is 10.7. The molecule has 0 rings (SSSR count). The molecule has 448 valence electrons. The zero-order valence-electron chi connectivity index (χ0n) is 51.4. The van der Waals surface area contributed by atoms with Crippen molar-refractivity contribution >= 4 is 11.9 Å². The number of unbranched alkanes of at least 4 members (excludes halogenated alkanes) is 35. The van der Waals surface area contributed by atoms with Gasteiger partial charge in [0.15, 0.2) is 6.10 Å². The van der Waals surface area contributed by atoms with Crippen LogP contribution in [0.1, 0.15) is 322 Å². The highest BCUT2D eigenvalue weighted by atomic mass is 16.6. The molecule has 0 saturated carbocycles. The molecule has 0 radical (unpaired) electrons. The highest BCUT2D eigenvalue weighted by Crippen LogP contribution is 2.18. The highest BCUT2D eigenvalue weighted by Gasteiger charge is 2.16. The maximum atomic E-state index is 12.3.